The van der Waals surface area contributed by atoms with E-state index in [1.165, 1.54) is 0 Å². The zero-order valence-electron chi connectivity index (χ0n) is 27.0. The topological polar surface area (TPSA) is 125 Å². The molecule has 0 aromatic heterocycles. The van der Waals surface area contributed by atoms with E-state index in [9.17, 15) is 24.3 Å². The fourth-order valence-corrected chi connectivity index (χ4v) is 7.79. The van der Waals surface area contributed by atoms with Crippen molar-refractivity contribution in [3.05, 3.63) is 89.5 Å². The molecule has 2 aromatic carbocycles. The Morgan fingerprint density at radius 2 is 1.71 bits per heavy atom. The van der Waals surface area contributed by atoms with Gasteiger partial charge in [-0.2, -0.15) is 0 Å². The predicted octanol–water partition coefficient (Wildman–Crippen LogP) is 4.52. The van der Waals surface area contributed by atoms with Crippen LogP contribution in [0.25, 0.3) is 0 Å². The van der Waals surface area contributed by atoms with Crippen LogP contribution in [0, 0.1) is 11.8 Å². The molecular formula is C37H42ClN3O7. The molecule has 3 amide bonds. The fourth-order valence-electron chi connectivity index (χ4n) is 7.55. The lowest BCUT2D eigenvalue weighted by Gasteiger charge is -2.36. The first-order valence-corrected chi connectivity index (χ1v) is 17.2. The van der Waals surface area contributed by atoms with E-state index >= 15 is 0 Å². The van der Waals surface area contributed by atoms with E-state index in [0.717, 1.165) is 12.8 Å². The number of ether oxygens (including phenoxy) is 2. The number of para-hydroxylation sites is 1. The highest BCUT2D eigenvalue weighted by molar-refractivity contribution is 6.34. The van der Waals surface area contributed by atoms with Gasteiger partial charge in [-0.1, -0.05) is 91.2 Å². The highest BCUT2D eigenvalue weighted by Gasteiger charge is 2.73. The van der Waals surface area contributed by atoms with Crippen molar-refractivity contribution in [2.45, 2.75) is 75.3 Å². The Morgan fingerprint density at radius 3 is 2.48 bits per heavy atom. The number of aliphatic hydroxyl groups is 1. The molecule has 2 N–H and O–H groups in total. The maximum Gasteiger partial charge on any atom is 0.313 e. The van der Waals surface area contributed by atoms with Gasteiger partial charge in [0, 0.05) is 26.1 Å². The van der Waals surface area contributed by atoms with Crippen molar-refractivity contribution in [3.63, 3.8) is 0 Å². The maximum absolute atomic E-state index is 14.9. The molecule has 4 aliphatic heterocycles. The zero-order chi connectivity index (χ0) is 33.8. The molecule has 1 spiro atoms. The van der Waals surface area contributed by atoms with Gasteiger partial charge in [0.2, 0.25) is 11.8 Å². The summed E-state index contributed by atoms with van der Waals surface area (Å²) in [5.74, 6) is -3.51. The Morgan fingerprint density at radius 1 is 0.958 bits per heavy atom. The Hall–Kier alpha value is -3.99. The number of esters is 1. The van der Waals surface area contributed by atoms with Crippen LogP contribution in [0.3, 0.4) is 0 Å². The number of anilines is 1. The van der Waals surface area contributed by atoms with Gasteiger partial charge in [-0.05, 0) is 43.9 Å². The number of likely N-dealkylation sites (tertiary alicyclic amines) is 1. The average molecular weight is 676 g/mol. The summed E-state index contributed by atoms with van der Waals surface area (Å²) in [5, 5.41) is 12.6. The van der Waals surface area contributed by atoms with Gasteiger partial charge in [0.15, 0.2) is 0 Å². The van der Waals surface area contributed by atoms with E-state index in [4.69, 9.17) is 21.1 Å². The van der Waals surface area contributed by atoms with Gasteiger partial charge in [0.25, 0.3) is 5.91 Å². The van der Waals surface area contributed by atoms with E-state index in [1.807, 2.05) is 42.5 Å². The Kier molecular flexibility index (Phi) is 10.3. The highest BCUT2D eigenvalue weighted by Crippen LogP contribution is 2.56. The summed E-state index contributed by atoms with van der Waals surface area (Å²) >= 11 is 6.65. The fraction of sp³-hybridized carbons (Fsp3) is 0.459. The molecule has 2 fully saturated rings. The van der Waals surface area contributed by atoms with Crippen molar-refractivity contribution in [1.29, 1.82) is 0 Å². The Labute approximate surface area is 285 Å². The molecule has 48 heavy (non-hydrogen) atoms. The Balaban J connectivity index is 1.42. The Bertz CT molecular complexity index is 1580. The molecule has 4 aliphatic rings. The molecule has 10 nitrogen and oxygen atoms in total. The number of fused-ring (bicyclic) bond motifs is 2. The quantitative estimate of drug-likeness (QED) is 0.240. The number of allylic oxidation sites excluding steroid dienone is 1. The lowest BCUT2D eigenvalue weighted by atomic mass is 9.74. The first-order chi connectivity index (χ1) is 23.3. The van der Waals surface area contributed by atoms with Crippen LogP contribution in [0.2, 0.25) is 5.02 Å². The first kappa shape index (κ1) is 33.9. The number of carbonyl (C=O) groups is 4. The van der Waals surface area contributed by atoms with Crippen molar-refractivity contribution < 1.29 is 33.8 Å². The summed E-state index contributed by atoms with van der Waals surface area (Å²) in [6.45, 7) is 2.31. The van der Waals surface area contributed by atoms with Crippen molar-refractivity contribution in [1.82, 2.24) is 10.2 Å². The number of carbonyl (C=O) groups excluding carboxylic acids is 4. The van der Waals surface area contributed by atoms with Gasteiger partial charge in [-0.15, -0.1) is 0 Å². The van der Waals surface area contributed by atoms with Crippen molar-refractivity contribution in [2.24, 2.45) is 11.8 Å². The minimum Gasteiger partial charge on any atom is -0.455 e. The lowest BCUT2D eigenvalue weighted by Crippen LogP contribution is -2.56. The van der Waals surface area contributed by atoms with Crippen molar-refractivity contribution >= 4 is 41.0 Å². The second kappa shape index (κ2) is 14.6. The molecule has 6 rings (SSSR count). The minimum atomic E-state index is -1.38. The molecule has 7 atom stereocenters. The number of aliphatic hydroxyl groups excluding tert-OH is 1. The van der Waals surface area contributed by atoms with Crippen LogP contribution >= 0.6 is 11.6 Å². The van der Waals surface area contributed by atoms with Crippen molar-refractivity contribution in [2.75, 3.05) is 24.6 Å². The number of rotatable bonds is 8. The van der Waals surface area contributed by atoms with Gasteiger partial charge < -0.3 is 29.7 Å². The third-order valence-electron chi connectivity index (χ3n) is 9.80. The number of halogens is 1. The molecule has 5 bridgehead atoms. The minimum absolute atomic E-state index is 0.0886. The predicted molar refractivity (Wildman–Crippen MR) is 180 cm³/mol. The molecule has 11 heteroatoms. The summed E-state index contributed by atoms with van der Waals surface area (Å²) in [6.07, 6.45) is 9.06. The van der Waals surface area contributed by atoms with E-state index in [2.05, 4.69) is 5.32 Å². The van der Waals surface area contributed by atoms with Gasteiger partial charge in [0.05, 0.1) is 28.8 Å². The third kappa shape index (κ3) is 6.41. The largest absolute Gasteiger partial charge is 0.455 e. The van der Waals surface area contributed by atoms with Crippen molar-refractivity contribution in [3.8, 4) is 0 Å². The first-order valence-electron chi connectivity index (χ1n) is 16.8. The number of nitrogens with zero attached hydrogens (tertiary/aromatic N) is 2. The van der Waals surface area contributed by atoms with Crippen LogP contribution in [-0.2, 0) is 28.7 Å². The molecule has 0 radical (unpaired) electrons. The zero-order valence-corrected chi connectivity index (χ0v) is 27.8. The summed E-state index contributed by atoms with van der Waals surface area (Å²) in [5.41, 5.74) is -0.199. The van der Waals surface area contributed by atoms with Gasteiger partial charge >= 0.3 is 5.97 Å². The number of amides is 3. The maximum atomic E-state index is 14.9. The lowest BCUT2D eigenvalue weighted by molar-refractivity contribution is -0.161. The molecule has 2 saturated heterocycles. The van der Waals surface area contributed by atoms with Crippen LogP contribution in [0.15, 0.2) is 78.9 Å². The number of unbranched alkanes of at least 4 members (excludes halogenated alkanes) is 3. The van der Waals surface area contributed by atoms with Crippen LogP contribution in [-0.4, -0.2) is 77.2 Å². The number of benzene rings is 2. The van der Waals surface area contributed by atoms with Gasteiger partial charge in [0.1, 0.15) is 23.7 Å². The van der Waals surface area contributed by atoms with E-state index in [-0.39, 0.29) is 43.8 Å². The van der Waals surface area contributed by atoms with Crippen LogP contribution < -0.4 is 10.2 Å². The summed E-state index contributed by atoms with van der Waals surface area (Å²) in [7, 11) is 0. The second-order valence-electron chi connectivity index (χ2n) is 12.9. The molecule has 4 heterocycles. The average Bonchev–Trinajstić information content (AvgIpc) is 3.72. The standard InChI is InChI=1S/C37H42ClN3O7/c1-24-32(25-14-6-4-7-15-25)47-36(46)30-28-19-20-37(48-28)31(30)34(44)41(22-11-2-3-13-23-42)33(37)35(45)40(27-17-10-9-16-26(27)38)21-12-5-8-18-29(43)39-24/h4-7,9-10,12,14-17,19-20,24,28,30-33,42H,2-3,8,11,13,18,21-23H2,1H3,(H,39,43)/b12-5-/t24-,28+,30-,31-,32+,33+,37-/m0/s1. The summed E-state index contributed by atoms with van der Waals surface area (Å²) in [6, 6.07) is 14.6. The monoisotopic (exact) mass is 675 g/mol. The number of cyclic esters (lactones) is 1. The number of hydrogen-bond donors (Lipinski definition) is 2. The van der Waals surface area contributed by atoms with Gasteiger partial charge in [-0.3, -0.25) is 19.2 Å². The second-order valence-corrected chi connectivity index (χ2v) is 13.3. The van der Waals surface area contributed by atoms with Crippen LogP contribution in [0.5, 0.6) is 0 Å². The molecule has 0 saturated carbocycles. The molecule has 0 unspecified atom stereocenters. The normalized spacial score (nSPS) is 31.1. The highest BCUT2D eigenvalue weighted by atomic mass is 35.5. The molecule has 0 aliphatic carbocycles. The number of hydrogen-bond acceptors (Lipinski definition) is 7. The SMILES string of the molecule is C[C@@H]1NC(=O)CC/C=C\CN(c2ccccc2Cl)C(=O)[C@H]2N(CCCCCCO)C(=O)[C@@H]3[C@@H](C(=O)O[C@H]1c1ccccc1)[C@H]1C=C[C@]32O1. The third-order valence-corrected chi connectivity index (χ3v) is 10.1. The van der Waals surface area contributed by atoms with E-state index < -0.39 is 47.7 Å². The van der Waals surface area contributed by atoms with E-state index in [1.54, 1.807) is 53.1 Å². The molecule has 254 valence electrons. The van der Waals surface area contributed by atoms with E-state index in [0.29, 0.717) is 35.5 Å². The van der Waals surface area contributed by atoms with Gasteiger partial charge in [-0.25, -0.2) is 0 Å². The van der Waals surface area contributed by atoms with Crippen LogP contribution in [0.4, 0.5) is 5.69 Å². The molecular weight excluding hydrogens is 634 g/mol. The summed E-state index contributed by atoms with van der Waals surface area (Å²) in [4.78, 5) is 59.7. The smallest absolute Gasteiger partial charge is 0.313 e. The summed E-state index contributed by atoms with van der Waals surface area (Å²) < 4.78 is 12.8. The number of nitrogens with one attached hydrogen (secondary N) is 1. The van der Waals surface area contributed by atoms with Crippen LogP contribution in [0.1, 0.15) is 57.1 Å². The molecule has 2 aromatic rings.